The molecule has 1 rings (SSSR count). The zero-order valence-corrected chi connectivity index (χ0v) is 9.15. The number of phenolic OH excluding ortho intramolecular Hbond substituents is 1. The van der Waals surface area contributed by atoms with Gasteiger partial charge in [-0.25, -0.2) is 0 Å². The summed E-state index contributed by atoms with van der Waals surface area (Å²) in [5.41, 5.74) is 0.562. The van der Waals surface area contributed by atoms with Crippen molar-refractivity contribution in [1.29, 1.82) is 0 Å². The molecule has 0 saturated heterocycles. The number of benzene rings is 1. The minimum absolute atomic E-state index is 0.105. The predicted molar refractivity (Wildman–Crippen MR) is 56.6 cm³/mol. The molecule has 1 aromatic carbocycles. The molecule has 0 aromatic heterocycles. The quantitative estimate of drug-likeness (QED) is 0.790. The number of phenols is 1. The van der Waals surface area contributed by atoms with Gasteiger partial charge in [-0.05, 0) is 19.1 Å². The van der Waals surface area contributed by atoms with Gasteiger partial charge in [-0.3, -0.25) is 0 Å². The summed E-state index contributed by atoms with van der Waals surface area (Å²) in [6.45, 7) is 1.65. The van der Waals surface area contributed by atoms with Crippen molar-refractivity contribution in [2.45, 2.75) is 19.4 Å². The summed E-state index contributed by atoms with van der Waals surface area (Å²) in [7, 11) is 3.03. The molecule has 0 heterocycles. The third kappa shape index (κ3) is 2.53. The molecule has 0 aliphatic rings. The second kappa shape index (κ2) is 4.89. The first kappa shape index (κ1) is 11.7. The molecule has 0 aliphatic carbocycles. The van der Waals surface area contributed by atoms with Crippen LogP contribution >= 0.6 is 0 Å². The lowest BCUT2D eigenvalue weighted by Gasteiger charge is -2.15. The molecule has 1 aromatic rings. The molecule has 4 nitrogen and oxygen atoms in total. The highest BCUT2D eigenvalue weighted by molar-refractivity contribution is 5.53. The molecule has 1 unspecified atom stereocenters. The van der Waals surface area contributed by atoms with Crippen molar-refractivity contribution >= 4 is 0 Å². The normalized spacial score (nSPS) is 12.3. The molecule has 0 spiro atoms. The zero-order chi connectivity index (χ0) is 11.4. The van der Waals surface area contributed by atoms with Crippen molar-refractivity contribution in [2.24, 2.45) is 0 Å². The Balaban J connectivity index is 3.19. The molecule has 0 fully saturated rings. The van der Waals surface area contributed by atoms with Crippen molar-refractivity contribution in [3.63, 3.8) is 0 Å². The summed E-state index contributed by atoms with van der Waals surface area (Å²) < 4.78 is 10.2. The maximum atomic E-state index is 9.64. The van der Waals surface area contributed by atoms with E-state index >= 15 is 0 Å². The molecule has 15 heavy (non-hydrogen) atoms. The van der Waals surface area contributed by atoms with Crippen LogP contribution in [0.4, 0.5) is 0 Å². The van der Waals surface area contributed by atoms with Crippen LogP contribution in [0.15, 0.2) is 12.1 Å². The van der Waals surface area contributed by atoms with Crippen molar-refractivity contribution in [3.8, 4) is 17.2 Å². The summed E-state index contributed by atoms with van der Waals surface area (Å²) in [6.07, 6.45) is -0.219. The zero-order valence-electron chi connectivity index (χ0n) is 9.15. The van der Waals surface area contributed by atoms with Gasteiger partial charge in [0, 0.05) is 12.0 Å². The predicted octanol–water partition coefficient (Wildman–Crippen LogP) is 1.33. The Morgan fingerprint density at radius 1 is 1.27 bits per heavy atom. The molecule has 2 N–H and O–H groups in total. The first-order chi connectivity index (χ1) is 7.10. The van der Waals surface area contributed by atoms with E-state index in [4.69, 9.17) is 9.47 Å². The molecule has 0 amide bonds. The minimum Gasteiger partial charge on any atom is -0.508 e. The average molecular weight is 212 g/mol. The van der Waals surface area contributed by atoms with E-state index in [0.717, 1.165) is 0 Å². The highest BCUT2D eigenvalue weighted by Crippen LogP contribution is 2.37. The lowest BCUT2D eigenvalue weighted by Crippen LogP contribution is -2.06. The number of hydrogen-bond donors (Lipinski definition) is 2. The van der Waals surface area contributed by atoms with Crippen LogP contribution in [0.25, 0.3) is 0 Å². The molecule has 84 valence electrons. The highest BCUT2D eigenvalue weighted by atomic mass is 16.5. The number of rotatable bonds is 4. The second-order valence-electron chi connectivity index (χ2n) is 3.35. The number of hydrogen-bond acceptors (Lipinski definition) is 4. The second-order valence-corrected chi connectivity index (χ2v) is 3.35. The van der Waals surface area contributed by atoms with Crippen LogP contribution in [-0.2, 0) is 6.42 Å². The lowest BCUT2D eigenvalue weighted by atomic mass is 10.1. The topological polar surface area (TPSA) is 58.9 Å². The van der Waals surface area contributed by atoms with E-state index in [1.54, 1.807) is 13.0 Å². The van der Waals surface area contributed by atoms with Crippen LogP contribution < -0.4 is 9.47 Å². The molecule has 0 aliphatic heterocycles. The molecule has 0 saturated carbocycles. The van der Waals surface area contributed by atoms with Gasteiger partial charge in [0.1, 0.15) is 5.75 Å². The number of aliphatic hydroxyl groups is 1. The summed E-state index contributed by atoms with van der Waals surface area (Å²) in [6, 6.07) is 3.15. The van der Waals surface area contributed by atoms with Gasteiger partial charge in [0.2, 0.25) is 0 Å². The van der Waals surface area contributed by atoms with Gasteiger partial charge in [0.15, 0.2) is 11.5 Å². The van der Waals surface area contributed by atoms with Crippen LogP contribution in [0.5, 0.6) is 17.2 Å². The summed E-state index contributed by atoms with van der Waals surface area (Å²) in [5.74, 6) is 1.12. The van der Waals surface area contributed by atoms with E-state index in [2.05, 4.69) is 0 Å². The Kier molecular flexibility index (Phi) is 3.80. The Bertz CT molecular complexity index is 334. The Morgan fingerprint density at radius 2 is 1.93 bits per heavy atom. The van der Waals surface area contributed by atoms with E-state index in [9.17, 15) is 10.2 Å². The Hall–Kier alpha value is -1.42. The molecular formula is C11H16O4. The molecule has 1 atom stereocenters. The van der Waals surface area contributed by atoms with Crippen molar-refractivity contribution < 1.29 is 19.7 Å². The van der Waals surface area contributed by atoms with Crippen molar-refractivity contribution in [3.05, 3.63) is 17.7 Å². The van der Waals surface area contributed by atoms with Crippen LogP contribution in [0.2, 0.25) is 0 Å². The van der Waals surface area contributed by atoms with E-state index in [1.807, 2.05) is 0 Å². The maximum absolute atomic E-state index is 9.64. The number of aromatic hydroxyl groups is 1. The van der Waals surface area contributed by atoms with Crippen molar-refractivity contribution in [1.82, 2.24) is 0 Å². The van der Waals surface area contributed by atoms with Gasteiger partial charge in [-0.15, -0.1) is 0 Å². The number of aliphatic hydroxyl groups excluding tert-OH is 1. The Morgan fingerprint density at radius 3 is 2.40 bits per heavy atom. The third-order valence-electron chi connectivity index (χ3n) is 2.12. The van der Waals surface area contributed by atoms with Gasteiger partial charge in [0.05, 0.1) is 20.3 Å². The molecule has 0 radical (unpaired) electrons. The molecule has 0 bridgehead atoms. The SMILES string of the molecule is COc1ccc(O)c(CC(C)O)c1OC. The van der Waals surface area contributed by atoms with Gasteiger partial charge >= 0.3 is 0 Å². The third-order valence-corrected chi connectivity index (χ3v) is 2.12. The fourth-order valence-corrected chi connectivity index (χ4v) is 1.47. The first-order valence-electron chi connectivity index (χ1n) is 4.71. The number of ether oxygens (including phenoxy) is 2. The monoisotopic (exact) mass is 212 g/mol. The fraction of sp³-hybridized carbons (Fsp3) is 0.455. The average Bonchev–Trinajstić information content (AvgIpc) is 2.20. The van der Waals surface area contributed by atoms with E-state index < -0.39 is 6.10 Å². The standard InChI is InChI=1S/C11H16O4/c1-7(12)6-8-9(13)4-5-10(14-2)11(8)15-3/h4-5,7,12-13H,6H2,1-3H3. The minimum atomic E-state index is -0.545. The largest absolute Gasteiger partial charge is 0.508 e. The van der Waals surface area contributed by atoms with Crippen LogP contribution in [0.3, 0.4) is 0 Å². The first-order valence-corrected chi connectivity index (χ1v) is 4.71. The summed E-state index contributed by atoms with van der Waals surface area (Å²) in [5, 5.41) is 19.0. The van der Waals surface area contributed by atoms with E-state index in [1.165, 1.54) is 20.3 Å². The molecular weight excluding hydrogens is 196 g/mol. The highest BCUT2D eigenvalue weighted by Gasteiger charge is 2.15. The van der Waals surface area contributed by atoms with Crippen molar-refractivity contribution in [2.75, 3.05) is 14.2 Å². The van der Waals surface area contributed by atoms with Gasteiger partial charge in [0.25, 0.3) is 0 Å². The van der Waals surface area contributed by atoms with E-state index in [-0.39, 0.29) is 5.75 Å². The van der Waals surface area contributed by atoms with Gasteiger partial charge < -0.3 is 19.7 Å². The summed E-state index contributed by atoms with van der Waals surface area (Å²) in [4.78, 5) is 0. The lowest BCUT2D eigenvalue weighted by molar-refractivity contribution is 0.192. The maximum Gasteiger partial charge on any atom is 0.167 e. The van der Waals surface area contributed by atoms with E-state index in [0.29, 0.717) is 23.5 Å². The fourth-order valence-electron chi connectivity index (χ4n) is 1.47. The van der Waals surface area contributed by atoms with Crippen LogP contribution in [-0.4, -0.2) is 30.5 Å². The van der Waals surface area contributed by atoms with Crippen LogP contribution in [0.1, 0.15) is 12.5 Å². The van der Waals surface area contributed by atoms with Gasteiger partial charge in [-0.1, -0.05) is 0 Å². The smallest absolute Gasteiger partial charge is 0.167 e. The van der Waals surface area contributed by atoms with Gasteiger partial charge in [-0.2, -0.15) is 0 Å². The number of methoxy groups -OCH3 is 2. The van der Waals surface area contributed by atoms with Crippen LogP contribution in [0, 0.1) is 0 Å². The summed E-state index contributed by atoms with van der Waals surface area (Å²) >= 11 is 0. The Labute approximate surface area is 89.1 Å². The molecule has 4 heteroatoms.